The molecule has 2 saturated heterocycles. The minimum absolute atomic E-state index is 0.102. The van der Waals surface area contributed by atoms with Crippen LogP contribution in [0.1, 0.15) is 25.7 Å². The number of nitrogens with zero attached hydrogens (tertiary/aromatic N) is 1. The van der Waals surface area contributed by atoms with Gasteiger partial charge in [0.15, 0.2) is 0 Å². The van der Waals surface area contributed by atoms with E-state index in [4.69, 9.17) is 0 Å². The molecule has 0 aliphatic carbocycles. The zero-order chi connectivity index (χ0) is 10.7. The molecule has 2 aliphatic rings. The Balaban J connectivity index is 1.84. The maximum Gasteiger partial charge on any atom is 0.239 e. The molecule has 3 nitrogen and oxygen atoms in total. The molecule has 0 aromatic heterocycles. The van der Waals surface area contributed by atoms with E-state index in [-0.39, 0.29) is 6.04 Å². The smallest absolute Gasteiger partial charge is 0.239 e. The monoisotopic (exact) mass is 208 g/mol. The molecule has 1 N–H and O–H groups in total. The molecule has 1 unspecified atom stereocenters. The summed E-state index contributed by atoms with van der Waals surface area (Å²) in [5.41, 5.74) is 0. The van der Waals surface area contributed by atoms with E-state index in [1.165, 1.54) is 0 Å². The SMILES string of the molecule is C=CC1CCN(C(=O)C2CCCN2)CC1. The van der Waals surface area contributed by atoms with Crippen molar-refractivity contribution in [3.05, 3.63) is 12.7 Å². The van der Waals surface area contributed by atoms with Crippen LogP contribution < -0.4 is 5.32 Å². The average molecular weight is 208 g/mol. The second kappa shape index (κ2) is 4.79. The third-order valence-electron chi connectivity index (χ3n) is 3.54. The molecule has 2 rings (SSSR count). The highest BCUT2D eigenvalue weighted by Crippen LogP contribution is 2.19. The molecule has 2 fully saturated rings. The van der Waals surface area contributed by atoms with E-state index in [0.717, 1.165) is 45.3 Å². The maximum atomic E-state index is 12.0. The Morgan fingerprint density at radius 1 is 1.33 bits per heavy atom. The van der Waals surface area contributed by atoms with Crippen LogP contribution in [-0.2, 0) is 4.79 Å². The number of carbonyl (C=O) groups is 1. The lowest BCUT2D eigenvalue weighted by atomic mass is 9.96. The quantitative estimate of drug-likeness (QED) is 0.691. The predicted molar refractivity (Wildman–Crippen MR) is 60.5 cm³/mol. The number of likely N-dealkylation sites (tertiary alicyclic amines) is 1. The van der Waals surface area contributed by atoms with Crippen LogP contribution >= 0.6 is 0 Å². The summed E-state index contributed by atoms with van der Waals surface area (Å²) in [6.45, 7) is 6.64. The van der Waals surface area contributed by atoms with E-state index < -0.39 is 0 Å². The summed E-state index contributed by atoms with van der Waals surface area (Å²) >= 11 is 0. The van der Waals surface area contributed by atoms with E-state index in [2.05, 4.69) is 11.9 Å². The molecule has 1 atom stereocenters. The minimum Gasteiger partial charge on any atom is -0.341 e. The number of nitrogens with one attached hydrogen (secondary N) is 1. The first kappa shape index (κ1) is 10.7. The lowest BCUT2D eigenvalue weighted by Crippen LogP contribution is -2.46. The van der Waals surface area contributed by atoms with Crippen LogP contribution in [0.5, 0.6) is 0 Å². The van der Waals surface area contributed by atoms with Crippen molar-refractivity contribution in [3.63, 3.8) is 0 Å². The van der Waals surface area contributed by atoms with Gasteiger partial charge in [0.05, 0.1) is 6.04 Å². The number of carbonyl (C=O) groups excluding carboxylic acids is 1. The molecular weight excluding hydrogens is 188 g/mol. The van der Waals surface area contributed by atoms with Gasteiger partial charge in [0, 0.05) is 13.1 Å². The highest BCUT2D eigenvalue weighted by Gasteiger charge is 2.28. The zero-order valence-corrected chi connectivity index (χ0v) is 9.24. The fourth-order valence-electron chi connectivity index (χ4n) is 2.47. The van der Waals surface area contributed by atoms with Crippen LogP contribution in [0, 0.1) is 5.92 Å². The number of hydrogen-bond donors (Lipinski definition) is 1. The van der Waals surface area contributed by atoms with Crippen LogP contribution in [0.2, 0.25) is 0 Å². The topological polar surface area (TPSA) is 32.3 Å². The maximum absolute atomic E-state index is 12.0. The standard InChI is InChI=1S/C12H20N2O/c1-2-10-5-8-14(9-6-10)12(15)11-4-3-7-13-11/h2,10-11,13H,1,3-9H2. The van der Waals surface area contributed by atoms with Crippen molar-refractivity contribution in [1.82, 2.24) is 10.2 Å². The number of amides is 1. The average Bonchev–Trinajstić information content (AvgIpc) is 2.82. The normalized spacial score (nSPS) is 28.0. The van der Waals surface area contributed by atoms with Gasteiger partial charge in [0.2, 0.25) is 5.91 Å². The third-order valence-corrected chi connectivity index (χ3v) is 3.54. The van der Waals surface area contributed by atoms with Gasteiger partial charge in [-0.15, -0.1) is 6.58 Å². The van der Waals surface area contributed by atoms with Crippen LogP contribution in [-0.4, -0.2) is 36.5 Å². The Morgan fingerprint density at radius 2 is 2.07 bits per heavy atom. The zero-order valence-electron chi connectivity index (χ0n) is 9.24. The van der Waals surface area contributed by atoms with Crippen molar-refractivity contribution in [2.75, 3.05) is 19.6 Å². The highest BCUT2D eigenvalue weighted by molar-refractivity contribution is 5.82. The van der Waals surface area contributed by atoms with Gasteiger partial charge in [-0.2, -0.15) is 0 Å². The molecule has 2 aliphatic heterocycles. The van der Waals surface area contributed by atoms with Crippen molar-refractivity contribution in [3.8, 4) is 0 Å². The van der Waals surface area contributed by atoms with Crippen molar-refractivity contribution in [1.29, 1.82) is 0 Å². The van der Waals surface area contributed by atoms with Gasteiger partial charge < -0.3 is 10.2 Å². The molecule has 0 radical (unpaired) electrons. The van der Waals surface area contributed by atoms with Crippen molar-refractivity contribution < 1.29 is 4.79 Å². The number of rotatable bonds is 2. The fourth-order valence-corrected chi connectivity index (χ4v) is 2.47. The van der Waals surface area contributed by atoms with Crippen molar-refractivity contribution in [2.45, 2.75) is 31.7 Å². The summed E-state index contributed by atoms with van der Waals surface area (Å²) in [5, 5.41) is 3.27. The summed E-state index contributed by atoms with van der Waals surface area (Å²) in [4.78, 5) is 14.0. The van der Waals surface area contributed by atoms with Gasteiger partial charge in [-0.05, 0) is 38.1 Å². The first-order valence-corrected chi connectivity index (χ1v) is 5.96. The Labute approximate surface area is 91.5 Å². The van der Waals surface area contributed by atoms with Crippen molar-refractivity contribution in [2.24, 2.45) is 5.92 Å². The Hall–Kier alpha value is -0.830. The fraction of sp³-hybridized carbons (Fsp3) is 0.750. The first-order valence-electron chi connectivity index (χ1n) is 5.96. The van der Waals surface area contributed by atoms with E-state index in [1.807, 2.05) is 11.0 Å². The molecule has 15 heavy (non-hydrogen) atoms. The molecule has 0 aromatic carbocycles. The van der Waals surface area contributed by atoms with Crippen molar-refractivity contribution >= 4 is 5.91 Å². The molecule has 2 heterocycles. The van der Waals surface area contributed by atoms with Gasteiger partial charge in [0.25, 0.3) is 0 Å². The predicted octanol–water partition coefficient (Wildman–Crippen LogP) is 1.16. The second-order valence-corrected chi connectivity index (χ2v) is 4.55. The Kier molecular flexibility index (Phi) is 3.41. The lowest BCUT2D eigenvalue weighted by molar-refractivity contribution is -0.134. The minimum atomic E-state index is 0.102. The van der Waals surface area contributed by atoms with Crippen LogP contribution in [0.25, 0.3) is 0 Å². The molecule has 0 aromatic rings. The van der Waals surface area contributed by atoms with Gasteiger partial charge in [-0.25, -0.2) is 0 Å². The Morgan fingerprint density at radius 3 is 2.60 bits per heavy atom. The molecule has 3 heteroatoms. The summed E-state index contributed by atoms with van der Waals surface area (Å²) in [7, 11) is 0. The summed E-state index contributed by atoms with van der Waals surface area (Å²) < 4.78 is 0. The van der Waals surface area contributed by atoms with Crippen LogP contribution in [0.15, 0.2) is 12.7 Å². The molecular formula is C12H20N2O. The van der Waals surface area contributed by atoms with E-state index in [9.17, 15) is 4.79 Å². The first-order chi connectivity index (χ1) is 7.31. The molecule has 0 spiro atoms. The molecule has 0 saturated carbocycles. The highest BCUT2D eigenvalue weighted by atomic mass is 16.2. The third kappa shape index (κ3) is 2.40. The van der Waals surface area contributed by atoms with E-state index in [0.29, 0.717) is 11.8 Å². The Bertz CT molecular complexity index is 238. The van der Waals surface area contributed by atoms with Crippen LogP contribution in [0.3, 0.4) is 0 Å². The number of piperidine rings is 1. The molecule has 84 valence electrons. The van der Waals surface area contributed by atoms with E-state index >= 15 is 0 Å². The van der Waals surface area contributed by atoms with Gasteiger partial charge in [-0.1, -0.05) is 6.08 Å². The van der Waals surface area contributed by atoms with Crippen LogP contribution in [0.4, 0.5) is 0 Å². The second-order valence-electron chi connectivity index (χ2n) is 4.55. The van der Waals surface area contributed by atoms with Gasteiger partial charge >= 0.3 is 0 Å². The summed E-state index contributed by atoms with van der Waals surface area (Å²) in [6.07, 6.45) is 6.35. The van der Waals surface area contributed by atoms with Gasteiger partial charge in [0.1, 0.15) is 0 Å². The van der Waals surface area contributed by atoms with Gasteiger partial charge in [-0.3, -0.25) is 4.79 Å². The lowest BCUT2D eigenvalue weighted by Gasteiger charge is -2.32. The number of allylic oxidation sites excluding steroid dienone is 1. The largest absolute Gasteiger partial charge is 0.341 e. The summed E-state index contributed by atoms with van der Waals surface area (Å²) in [6, 6.07) is 0.102. The van der Waals surface area contributed by atoms with E-state index in [1.54, 1.807) is 0 Å². The molecule has 0 bridgehead atoms. The summed E-state index contributed by atoms with van der Waals surface area (Å²) in [5.74, 6) is 0.931. The number of hydrogen-bond acceptors (Lipinski definition) is 2. The molecule has 1 amide bonds.